The number of pyridine rings is 1. The van der Waals surface area contributed by atoms with Crippen LogP contribution in [0.5, 0.6) is 0 Å². The van der Waals surface area contributed by atoms with Gasteiger partial charge in [0, 0.05) is 24.8 Å². The van der Waals surface area contributed by atoms with Crippen LogP contribution in [0.15, 0.2) is 53.7 Å². The van der Waals surface area contributed by atoms with Crippen LogP contribution in [0.1, 0.15) is 24.7 Å². The maximum Gasteiger partial charge on any atom is 0.193 e. The monoisotopic (exact) mass is 450 g/mol. The third kappa shape index (κ3) is 5.15. The number of nitrogens with zero attached hydrogens (tertiary/aromatic N) is 4. The largest absolute Gasteiger partial charge is 0.370 e. The predicted molar refractivity (Wildman–Crippen MR) is 113 cm³/mol. The summed E-state index contributed by atoms with van der Waals surface area (Å²) in [5.41, 5.74) is 9.06. The van der Waals surface area contributed by atoms with Crippen molar-refractivity contribution in [2.45, 2.75) is 26.2 Å². The highest BCUT2D eigenvalue weighted by atomic mass is 127. The van der Waals surface area contributed by atoms with Gasteiger partial charge in [0.15, 0.2) is 11.6 Å². The molecule has 0 atom stereocenters. The average Bonchev–Trinajstić information content (AvgIpc) is 3.03. The van der Waals surface area contributed by atoms with E-state index in [0.717, 1.165) is 36.4 Å². The van der Waals surface area contributed by atoms with Crippen LogP contribution in [-0.4, -0.2) is 27.1 Å². The van der Waals surface area contributed by atoms with Gasteiger partial charge in [-0.3, -0.25) is 9.39 Å². The molecule has 6 nitrogen and oxygen atoms in total. The van der Waals surface area contributed by atoms with Gasteiger partial charge in [0.25, 0.3) is 0 Å². The first-order valence-corrected chi connectivity index (χ1v) is 8.21. The van der Waals surface area contributed by atoms with Crippen LogP contribution in [0.4, 0.5) is 5.69 Å². The minimum atomic E-state index is 0. The average molecular weight is 450 g/mol. The molecule has 0 fully saturated rings. The molecule has 0 aliphatic carbocycles. The summed E-state index contributed by atoms with van der Waals surface area (Å²) in [7, 11) is 0. The number of guanidine groups is 1. The summed E-state index contributed by atoms with van der Waals surface area (Å²) in [6.07, 6.45) is 4.69. The van der Waals surface area contributed by atoms with Crippen molar-refractivity contribution in [3.63, 3.8) is 0 Å². The third-order valence-corrected chi connectivity index (χ3v) is 3.86. The van der Waals surface area contributed by atoms with Crippen molar-refractivity contribution in [1.82, 2.24) is 14.6 Å². The molecule has 0 saturated carbocycles. The van der Waals surface area contributed by atoms with E-state index in [0.29, 0.717) is 12.5 Å². The minimum Gasteiger partial charge on any atom is -0.370 e. The number of rotatable bonds is 6. The van der Waals surface area contributed by atoms with E-state index in [1.54, 1.807) is 0 Å². The summed E-state index contributed by atoms with van der Waals surface area (Å²) in [5, 5.41) is 11.5. The van der Waals surface area contributed by atoms with Crippen LogP contribution in [0.3, 0.4) is 0 Å². The van der Waals surface area contributed by atoms with Crippen molar-refractivity contribution in [1.29, 1.82) is 0 Å². The van der Waals surface area contributed by atoms with Gasteiger partial charge in [0.1, 0.15) is 5.82 Å². The van der Waals surface area contributed by atoms with Crippen molar-refractivity contribution >= 4 is 41.3 Å². The molecule has 1 aromatic carbocycles. The van der Waals surface area contributed by atoms with Crippen molar-refractivity contribution in [3.8, 4) is 0 Å². The SMILES string of the molecule is CCc1ccc(NC(N)=NCCCc2nnc3ccccn23)cc1.I. The fourth-order valence-corrected chi connectivity index (χ4v) is 2.51. The minimum absolute atomic E-state index is 0. The Morgan fingerprint density at radius 1 is 1.16 bits per heavy atom. The molecule has 0 saturated heterocycles. The highest BCUT2D eigenvalue weighted by molar-refractivity contribution is 14.0. The van der Waals surface area contributed by atoms with Gasteiger partial charge in [-0.15, -0.1) is 34.2 Å². The van der Waals surface area contributed by atoms with Gasteiger partial charge >= 0.3 is 0 Å². The smallest absolute Gasteiger partial charge is 0.193 e. The summed E-state index contributed by atoms with van der Waals surface area (Å²) in [6.45, 7) is 2.78. The van der Waals surface area contributed by atoms with E-state index in [2.05, 4.69) is 39.6 Å². The van der Waals surface area contributed by atoms with Gasteiger partial charge in [-0.2, -0.15) is 0 Å². The van der Waals surface area contributed by atoms with Gasteiger partial charge in [-0.05, 0) is 42.7 Å². The Hall–Kier alpha value is -2.16. The standard InChI is InChI=1S/C18H22N6.HI/c1-2-14-8-10-15(11-9-14)21-18(19)20-12-5-7-17-23-22-16-6-3-4-13-24(16)17;/h3-4,6,8-11,13H,2,5,7,12H2,1H3,(H3,19,20,21);1H. The summed E-state index contributed by atoms with van der Waals surface area (Å²) < 4.78 is 2.00. The molecule has 25 heavy (non-hydrogen) atoms. The molecule has 7 heteroatoms. The zero-order valence-electron chi connectivity index (χ0n) is 14.2. The normalized spacial score (nSPS) is 11.3. The Morgan fingerprint density at radius 3 is 2.72 bits per heavy atom. The number of aromatic nitrogens is 3. The Labute approximate surface area is 164 Å². The Bertz CT molecular complexity index is 825. The molecule has 132 valence electrons. The number of hydrogen-bond acceptors (Lipinski definition) is 3. The zero-order chi connectivity index (χ0) is 16.8. The number of halogens is 1. The summed E-state index contributed by atoms with van der Waals surface area (Å²) in [5.74, 6) is 1.38. The van der Waals surface area contributed by atoms with E-state index >= 15 is 0 Å². The molecule has 3 N–H and O–H groups in total. The molecular formula is C18H23IN6. The maximum atomic E-state index is 5.93. The summed E-state index contributed by atoms with van der Waals surface area (Å²) in [4.78, 5) is 4.37. The predicted octanol–water partition coefficient (Wildman–Crippen LogP) is 3.27. The van der Waals surface area contributed by atoms with E-state index in [4.69, 9.17) is 5.73 Å². The second-order valence-corrected chi connectivity index (χ2v) is 5.59. The molecule has 3 rings (SSSR count). The number of anilines is 1. The Morgan fingerprint density at radius 2 is 1.96 bits per heavy atom. The molecule has 0 spiro atoms. The fourth-order valence-electron chi connectivity index (χ4n) is 2.51. The maximum absolute atomic E-state index is 5.93. The second kappa shape index (κ2) is 9.36. The van der Waals surface area contributed by atoms with E-state index in [1.165, 1.54) is 5.56 Å². The van der Waals surface area contributed by atoms with Crippen LogP contribution in [0.25, 0.3) is 5.65 Å². The number of hydrogen-bond donors (Lipinski definition) is 2. The number of nitrogens with one attached hydrogen (secondary N) is 1. The quantitative estimate of drug-likeness (QED) is 0.262. The van der Waals surface area contributed by atoms with Crippen molar-refractivity contribution in [3.05, 3.63) is 60.0 Å². The Kier molecular flexibility index (Phi) is 7.17. The molecule has 2 aromatic heterocycles. The summed E-state index contributed by atoms with van der Waals surface area (Å²) in [6, 6.07) is 14.1. The van der Waals surface area contributed by atoms with E-state index in [-0.39, 0.29) is 24.0 Å². The number of benzene rings is 1. The van der Waals surface area contributed by atoms with Crippen molar-refractivity contribution in [2.75, 3.05) is 11.9 Å². The molecule has 3 aromatic rings. The van der Waals surface area contributed by atoms with Crippen LogP contribution in [-0.2, 0) is 12.8 Å². The Balaban J connectivity index is 0.00000225. The first-order valence-electron chi connectivity index (χ1n) is 8.21. The van der Waals surface area contributed by atoms with E-state index < -0.39 is 0 Å². The van der Waals surface area contributed by atoms with Gasteiger partial charge < -0.3 is 11.1 Å². The van der Waals surface area contributed by atoms with Crippen LogP contribution in [0.2, 0.25) is 0 Å². The molecule has 0 bridgehead atoms. The van der Waals surface area contributed by atoms with Crippen LogP contribution >= 0.6 is 24.0 Å². The molecule has 0 aliphatic rings. The van der Waals surface area contributed by atoms with Crippen molar-refractivity contribution in [2.24, 2.45) is 10.7 Å². The highest BCUT2D eigenvalue weighted by Gasteiger charge is 2.03. The number of aryl methyl sites for hydroxylation is 2. The van der Waals surface area contributed by atoms with Gasteiger partial charge in [0.05, 0.1) is 0 Å². The van der Waals surface area contributed by atoms with Crippen LogP contribution < -0.4 is 11.1 Å². The van der Waals surface area contributed by atoms with Crippen LogP contribution in [0, 0.1) is 0 Å². The molecule has 0 unspecified atom stereocenters. The molecular weight excluding hydrogens is 427 g/mol. The highest BCUT2D eigenvalue weighted by Crippen LogP contribution is 2.09. The van der Waals surface area contributed by atoms with Gasteiger partial charge in [-0.1, -0.05) is 25.1 Å². The van der Waals surface area contributed by atoms with Gasteiger partial charge in [-0.25, -0.2) is 0 Å². The fraction of sp³-hybridized carbons (Fsp3) is 0.278. The first kappa shape index (κ1) is 19.2. The van der Waals surface area contributed by atoms with Crippen molar-refractivity contribution < 1.29 is 0 Å². The first-order chi connectivity index (χ1) is 11.8. The molecule has 0 radical (unpaired) electrons. The molecule has 2 heterocycles. The molecule has 0 amide bonds. The summed E-state index contributed by atoms with van der Waals surface area (Å²) >= 11 is 0. The van der Waals surface area contributed by atoms with E-state index in [1.807, 2.05) is 40.9 Å². The number of nitrogens with two attached hydrogens (primary N) is 1. The second-order valence-electron chi connectivity index (χ2n) is 5.59. The topological polar surface area (TPSA) is 80.6 Å². The lowest BCUT2D eigenvalue weighted by atomic mass is 10.1. The lowest BCUT2D eigenvalue weighted by Crippen LogP contribution is -2.22. The van der Waals surface area contributed by atoms with Gasteiger partial charge in [0.2, 0.25) is 0 Å². The lowest BCUT2D eigenvalue weighted by molar-refractivity contribution is 0.770. The lowest BCUT2D eigenvalue weighted by Gasteiger charge is -2.06. The molecule has 0 aliphatic heterocycles. The third-order valence-electron chi connectivity index (χ3n) is 3.86. The number of aliphatic imine (C=N–C) groups is 1. The zero-order valence-corrected chi connectivity index (χ0v) is 16.6. The van der Waals surface area contributed by atoms with E-state index in [9.17, 15) is 0 Å². The number of fused-ring (bicyclic) bond motifs is 1.